The highest BCUT2D eigenvalue weighted by molar-refractivity contribution is 5.87. The van der Waals surface area contributed by atoms with E-state index in [9.17, 15) is 4.79 Å². The minimum atomic E-state index is -0.000295. The van der Waals surface area contributed by atoms with E-state index in [1.807, 2.05) is 19.2 Å². The fourth-order valence-corrected chi connectivity index (χ4v) is 2.61. The van der Waals surface area contributed by atoms with Crippen LogP contribution >= 0.6 is 0 Å². The van der Waals surface area contributed by atoms with Crippen LogP contribution in [0.4, 0.5) is 4.79 Å². The molecule has 0 aliphatic carbocycles. The molecule has 1 aromatic heterocycles. The van der Waals surface area contributed by atoms with Gasteiger partial charge in [0, 0.05) is 35.8 Å². The van der Waals surface area contributed by atoms with E-state index < -0.39 is 0 Å². The quantitative estimate of drug-likeness (QED) is 0.773. The number of H-pyrrole nitrogens is 1. The van der Waals surface area contributed by atoms with Gasteiger partial charge in [-0.25, -0.2) is 4.79 Å². The zero-order chi connectivity index (χ0) is 12.0. The number of urea groups is 1. The van der Waals surface area contributed by atoms with Gasteiger partial charge in [-0.05, 0) is 13.0 Å². The molecule has 1 atom stereocenters. The van der Waals surface area contributed by atoms with Crippen molar-refractivity contribution in [2.24, 2.45) is 0 Å². The predicted octanol–water partition coefficient (Wildman–Crippen LogP) is 2.17. The van der Waals surface area contributed by atoms with Gasteiger partial charge < -0.3 is 15.2 Å². The van der Waals surface area contributed by atoms with Crippen molar-refractivity contribution in [2.75, 3.05) is 13.6 Å². The number of hydrogen-bond acceptors (Lipinski definition) is 1. The van der Waals surface area contributed by atoms with Crippen molar-refractivity contribution in [3.05, 3.63) is 35.5 Å². The Labute approximate surface area is 99.6 Å². The molecular weight excluding hydrogens is 214 g/mol. The molecule has 1 unspecified atom stereocenters. The highest BCUT2D eigenvalue weighted by atomic mass is 16.2. The Morgan fingerprint density at radius 1 is 1.35 bits per heavy atom. The second-order valence-electron chi connectivity index (χ2n) is 4.52. The molecule has 4 nitrogen and oxygen atoms in total. The molecular formula is C13H15N3O. The number of nitrogens with zero attached hydrogens (tertiary/aromatic N) is 1. The number of aryl methyl sites for hydroxylation is 1. The molecule has 2 aromatic rings. The van der Waals surface area contributed by atoms with E-state index in [0.29, 0.717) is 6.54 Å². The number of aromatic nitrogens is 1. The molecule has 2 N–H and O–H groups in total. The second-order valence-corrected chi connectivity index (χ2v) is 4.52. The van der Waals surface area contributed by atoms with Crippen molar-refractivity contribution in [3.63, 3.8) is 0 Å². The lowest BCUT2D eigenvalue weighted by atomic mass is 10.0. The van der Waals surface area contributed by atoms with Gasteiger partial charge in [-0.1, -0.05) is 18.2 Å². The summed E-state index contributed by atoms with van der Waals surface area (Å²) in [6.45, 7) is 2.74. The largest absolute Gasteiger partial charge is 0.358 e. The molecule has 2 amide bonds. The van der Waals surface area contributed by atoms with E-state index in [2.05, 4.69) is 29.4 Å². The van der Waals surface area contributed by atoms with Gasteiger partial charge in [0.1, 0.15) is 0 Å². The van der Waals surface area contributed by atoms with E-state index in [-0.39, 0.29) is 12.1 Å². The summed E-state index contributed by atoms with van der Waals surface area (Å²) in [5.74, 6) is 0. The van der Waals surface area contributed by atoms with Crippen LogP contribution in [-0.2, 0) is 0 Å². The van der Waals surface area contributed by atoms with E-state index in [0.717, 1.165) is 11.2 Å². The van der Waals surface area contributed by atoms with E-state index in [1.165, 1.54) is 10.9 Å². The number of nitrogens with one attached hydrogen (secondary N) is 2. The molecule has 1 aliphatic heterocycles. The Kier molecular flexibility index (Phi) is 2.11. The molecule has 1 aliphatic rings. The number of aromatic amines is 1. The number of likely N-dealkylation sites (N-methyl/N-ethyl adjacent to an activating group) is 1. The molecule has 1 saturated heterocycles. The standard InChI is InChI=1S/C13H15N3O/c1-8-12(11-7-14-13(17)16(11)2)9-5-3-4-6-10(9)15-8/h3-6,11,15H,7H2,1-2H3,(H,14,17). The molecule has 2 heterocycles. The summed E-state index contributed by atoms with van der Waals surface area (Å²) in [5, 5.41) is 4.08. The van der Waals surface area contributed by atoms with Crippen molar-refractivity contribution >= 4 is 16.9 Å². The van der Waals surface area contributed by atoms with Crippen LogP contribution in [0.5, 0.6) is 0 Å². The zero-order valence-electron chi connectivity index (χ0n) is 9.95. The Bertz CT molecular complexity index is 587. The molecule has 3 rings (SSSR count). The van der Waals surface area contributed by atoms with Gasteiger partial charge in [-0.3, -0.25) is 0 Å². The molecule has 0 spiro atoms. The number of para-hydroxylation sites is 1. The third-order valence-electron chi connectivity index (χ3n) is 3.51. The highest BCUT2D eigenvalue weighted by Crippen LogP contribution is 2.32. The van der Waals surface area contributed by atoms with E-state index in [1.54, 1.807) is 4.90 Å². The number of amides is 2. The zero-order valence-corrected chi connectivity index (χ0v) is 9.95. The van der Waals surface area contributed by atoms with Crippen LogP contribution in [0.25, 0.3) is 10.9 Å². The first kappa shape index (κ1) is 10.2. The van der Waals surface area contributed by atoms with Gasteiger partial charge in [0.15, 0.2) is 0 Å². The van der Waals surface area contributed by atoms with Gasteiger partial charge in [0.05, 0.1) is 6.04 Å². The molecule has 4 heteroatoms. The van der Waals surface area contributed by atoms with Crippen molar-refractivity contribution in [1.29, 1.82) is 0 Å². The summed E-state index contributed by atoms with van der Waals surface area (Å²) in [7, 11) is 1.84. The topological polar surface area (TPSA) is 48.1 Å². The van der Waals surface area contributed by atoms with Crippen LogP contribution in [0.2, 0.25) is 0 Å². The molecule has 17 heavy (non-hydrogen) atoms. The second kappa shape index (κ2) is 3.52. The minimum Gasteiger partial charge on any atom is -0.358 e. The van der Waals surface area contributed by atoms with Crippen LogP contribution < -0.4 is 5.32 Å². The van der Waals surface area contributed by atoms with Crippen molar-refractivity contribution in [2.45, 2.75) is 13.0 Å². The third kappa shape index (κ3) is 1.40. The normalized spacial score (nSPS) is 20.0. The fourth-order valence-electron chi connectivity index (χ4n) is 2.61. The Morgan fingerprint density at radius 3 is 2.82 bits per heavy atom. The van der Waals surface area contributed by atoms with Crippen LogP contribution in [0.3, 0.4) is 0 Å². The Balaban J connectivity index is 2.17. The summed E-state index contributed by atoms with van der Waals surface area (Å²) in [6, 6.07) is 8.34. The van der Waals surface area contributed by atoms with E-state index >= 15 is 0 Å². The van der Waals surface area contributed by atoms with Gasteiger partial charge >= 0.3 is 6.03 Å². The lowest BCUT2D eigenvalue weighted by molar-refractivity contribution is 0.217. The number of benzene rings is 1. The van der Waals surface area contributed by atoms with E-state index in [4.69, 9.17) is 0 Å². The van der Waals surface area contributed by atoms with Gasteiger partial charge in [-0.2, -0.15) is 0 Å². The fraction of sp³-hybridized carbons (Fsp3) is 0.308. The maximum absolute atomic E-state index is 11.5. The lowest BCUT2D eigenvalue weighted by Gasteiger charge is -2.18. The monoisotopic (exact) mass is 229 g/mol. The SMILES string of the molecule is Cc1[nH]c2ccccc2c1C1CNC(=O)N1C. The van der Waals surface area contributed by atoms with Crippen molar-refractivity contribution < 1.29 is 4.79 Å². The average molecular weight is 229 g/mol. The van der Waals surface area contributed by atoms with Gasteiger partial charge in [0.25, 0.3) is 0 Å². The van der Waals surface area contributed by atoms with Crippen LogP contribution in [0, 0.1) is 6.92 Å². The summed E-state index contributed by atoms with van der Waals surface area (Å²) < 4.78 is 0. The lowest BCUT2D eigenvalue weighted by Crippen LogP contribution is -2.25. The first-order valence-corrected chi connectivity index (χ1v) is 5.76. The maximum atomic E-state index is 11.5. The summed E-state index contributed by atoms with van der Waals surface area (Å²) in [5.41, 5.74) is 3.49. The van der Waals surface area contributed by atoms with Gasteiger partial charge in [0.2, 0.25) is 0 Å². The minimum absolute atomic E-state index is 0.000295. The number of fused-ring (bicyclic) bond motifs is 1. The number of rotatable bonds is 1. The summed E-state index contributed by atoms with van der Waals surface area (Å²) in [4.78, 5) is 16.7. The number of hydrogen-bond donors (Lipinski definition) is 2. The molecule has 0 saturated carbocycles. The Hall–Kier alpha value is -1.97. The predicted molar refractivity (Wildman–Crippen MR) is 66.9 cm³/mol. The highest BCUT2D eigenvalue weighted by Gasteiger charge is 2.31. The molecule has 1 aromatic carbocycles. The van der Waals surface area contributed by atoms with Crippen molar-refractivity contribution in [1.82, 2.24) is 15.2 Å². The molecule has 88 valence electrons. The summed E-state index contributed by atoms with van der Waals surface area (Å²) in [6.07, 6.45) is 0. The smallest absolute Gasteiger partial charge is 0.317 e. The first-order valence-electron chi connectivity index (χ1n) is 5.76. The molecule has 0 radical (unpaired) electrons. The third-order valence-corrected chi connectivity index (χ3v) is 3.51. The molecule has 0 bridgehead atoms. The van der Waals surface area contributed by atoms with Crippen LogP contribution in [-0.4, -0.2) is 29.5 Å². The van der Waals surface area contributed by atoms with Crippen LogP contribution in [0.15, 0.2) is 24.3 Å². The average Bonchev–Trinajstić information content (AvgIpc) is 2.80. The number of carbonyl (C=O) groups excluding carboxylic acids is 1. The van der Waals surface area contributed by atoms with Crippen molar-refractivity contribution in [3.8, 4) is 0 Å². The first-order chi connectivity index (χ1) is 8.18. The summed E-state index contributed by atoms with van der Waals surface area (Å²) >= 11 is 0. The number of carbonyl (C=O) groups is 1. The van der Waals surface area contributed by atoms with Gasteiger partial charge in [-0.15, -0.1) is 0 Å². The maximum Gasteiger partial charge on any atom is 0.317 e. The Morgan fingerprint density at radius 2 is 2.12 bits per heavy atom. The van der Waals surface area contributed by atoms with Crippen LogP contribution in [0.1, 0.15) is 17.3 Å². The molecule has 1 fully saturated rings.